The van der Waals surface area contributed by atoms with Crippen LogP contribution in [0.15, 0.2) is 12.5 Å². The molecule has 0 bridgehead atoms. The number of carboxylic acid groups (broad SMARTS) is 1. The van der Waals surface area contributed by atoms with E-state index in [0.717, 1.165) is 25.9 Å². The summed E-state index contributed by atoms with van der Waals surface area (Å²) in [6, 6.07) is 0.319. The molecule has 2 atom stereocenters. The number of likely N-dealkylation sites (tertiary alicyclic amines) is 1. The zero-order valence-electron chi connectivity index (χ0n) is 10.3. The van der Waals surface area contributed by atoms with E-state index in [2.05, 4.69) is 16.8 Å². The number of nitrogens with zero attached hydrogens (tertiary/aromatic N) is 3. The lowest BCUT2D eigenvalue weighted by Crippen LogP contribution is -2.42. The zero-order valence-corrected chi connectivity index (χ0v) is 10.3. The van der Waals surface area contributed by atoms with E-state index in [0.29, 0.717) is 6.04 Å². The summed E-state index contributed by atoms with van der Waals surface area (Å²) in [6.07, 6.45) is 5.16. The van der Waals surface area contributed by atoms with Gasteiger partial charge in [0.2, 0.25) is 0 Å². The average Bonchev–Trinajstić information content (AvgIpc) is 2.67. The molecular formula is C12H19N3O2. The van der Waals surface area contributed by atoms with Crippen molar-refractivity contribution in [2.75, 3.05) is 6.54 Å². The van der Waals surface area contributed by atoms with Crippen LogP contribution >= 0.6 is 0 Å². The van der Waals surface area contributed by atoms with E-state index < -0.39 is 5.97 Å². The van der Waals surface area contributed by atoms with Gasteiger partial charge in [-0.2, -0.15) is 0 Å². The standard InChI is InChI=1S/C12H19N3O2/c1-9-5-10(12(16)17)3-4-15(9)7-11-6-13-8-14(11)2/h6,8-10H,3-5,7H2,1-2H3,(H,16,17). The Labute approximate surface area is 101 Å². The van der Waals surface area contributed by atoms with Gasteiger partial charge in [-0.15, -0.1) is 0 Å². The SMILES string of the molecule is CC1CC(C(=O)O)CCN1Cc1cncn1C. The van der Waals surface area contributed by atoms with Crippen LogP contribution in [0.25, 0.3) is 0 Å². The van der Waals surface area contributed by atoms with Gasteiger partial charge in [-0.05, 0) is 26.3 Å². The molecule has 0 aliphatic carbocycles. The Morgan fingerprint density at radius 3 is 2.94 bits per heavy atom. The van der Waals surface area contributed by atoms with Gasteiger partial charge in [0.1, 0.15) is 0 Å². The number of aryl methyl sites for hydroxylation is 1. The van der Waals surface area contributed by atoms with E-state index in [1.807, 2.05) is 17.8 Å². The lowest BCUT2D eigenvalue weighted by Gasteiger charge is -2.36. The van der Waals surface area contributed by atoms with Crippen molar-refractivity contribution in [2.24, 2.45) is 13.0 Å². The van der Waals surface area contributed by atoms with E-state index in [-0.39, 0.29) is 5.92 Å². The van der Waals surface area contributed by atoms with Crippen molar-refractivity contribution in [1.29, 1.82) is 0 Å². The zero-order chi connectivity index (χ0) is 12.4. The summed E-state index contributed by atoms with van der Waals surface area (Å²) >= 11 is 0. The van der Waals surface area contributed by atoms with Gasteiger partial charge >= 0.3 is 5.97 Å². The van der Waals surface area contributed by atoms with Gasteiger partial charge in [0.25, 0.3) is 0 Å². The Morgan fingerprint density at radius 1 is 1.65 bits per heavy atom. The van der Waals surface area contributed by atoms with E-state index in [9.17, 15) is 4.79 Å². The number of imidazole rings is 1. The maximum atomic E-state index is 10.9. The molecular weight excluding hydrogens is 218 g/mol. The lowest BCUT2D eigenvalue weighted by atomic mass is 9.91. The van der Waals surface area contributed by atoms with Crippen molar-refractivity contribution in [1.82, 2.24) is 14.5 Å². The third-order valence-corrected chi connectivity index (χ3v) is 3.64. The highest BCUT2D eigenvalue weighted by Gasteiger charge is 2.29. The van der Waals surface area contributed by atoms with E-state index in [4.69, 9.17) is 5.11 Å². The Morgan fingerprint density at radius 2 is 2.41 bits per heavy atom. The normalized spacial score (nSPS) is 26.0. The molecule has 1 aromatic heterocycles. The molecule has 2 rings (SSSR count). The van der Waals surface area contributed by atoms with Crippen LogP contribution in [-0.2, 0) is 18.4 Å². The van der Waals surface area contributed by atoms with Crippen molar-refractivity contribution in [2.45, 2.75) is 32.4 Å². The van der Waals surface area contributed by atoms with Crippen LogP contribution in [0.1, 0.15) is 25.5 Å². The largest absolute Gasteiger partial charge is 0.481 e. The van der Waals surface area contributed by atoms with Crippen molar-refractivity contribution >= 4 is 5.97 Å². The van der Waals surface area contributed by atoms with E-state index in [1.54, 1.807) is 6.33 Å². The maximum Gasteiger partial charge on any atom is 0.306 e. The first-order valence-corrected chi connectivity index (χ1v) is 6.00. The van der Waals surface area contributed by atoms with Crippen LogP contribution in [0.4, 0.5) is 0 Å². The summed E-state index contributed by atoms with van der Waals surface area (Å²) in [4.78, 5) is 17.4. The summed E-state index contributed by atoms with van der Waals surface area (Å²) in [6.45, 7) is 3.80. The van der Waals surface area contributed by atoms with Crippen LogP contribution in [0.2, 0.25) is 0 Å². The number of piperidine rings is 1. The molecule has 0 radical (unpaired) electrons. The molecule has 0 amide bonds. The fourth-order valence-corrected chi connectivity index (χ4v) is 2.42. The monoisotopic (exact) mass is 237 g/mol. The second-order valence-corrected chi connectivity index (χ2v) is 4.87. The first-order valence-electron chi connectivity index (χ1n) is 6.00. The fourth-order valence-electron chi connectivity index (χ4n) is 2.42. The van der Waals surface area contributed by atoms with Crippen molar-refractivity contribution in [3.8, 4) is 0 Å². The van der Waals surface area contributed by atoms with E-state index >= 15 is 0 Å². The van der Waals surface area contributed by atoms with Gasteiger partial charge in [-0.25, -0.2) is 4.98 Å². The van der Waals surface area contributed by atoms with Crippen molar-refractivity contribution in [3.63, 3.8) is 0 Å². The molecule has 94 valence electrons. The minimum atomic E-state index is -0.656. The van der Waals surface area contributed by atoms with Gasteiger partial charge in [-0.1, -0.05) is 0 Å². The average molecular weight is 237 g/mol. The molecule has 17 heavy (non-hydrogen) atoms. The smallest absolute Gasteiger partial charge is 0.306 e. The lowest BCUT2D eigenvalue weighted by molar-refractivity contribution is -0.144. The van der Waals surface area contributed by atoms with Gasteiger partial charge < -0.3 is 9.67 Å². The Bertz CT molecular complexity index is 402. The number of carbonyl (C=O) groups is 1. The first kappa shape index (κ1) is 12.1. The molecule has 0 aromatic carbocycles. The fraction of sp³-hybridized carbons (Fsp3) is 0.667. The molecule has 5 heteroatoms. The predicted octanol–water partition coefficient (Wildman–Crippen LogP) is 1.11. The second kappa shape index (κ2) is 4.87. The number of hydrogen-bond donors (Lipinski definition) is 1. The van der Waals surface area contributed by atoms with Crippen molar-refractivity contribution < 1.29 is 9.90 Å². The predicted molar refractivity (Wildman–Crippen MR) is 63.4 cm³/mol. The molecule has 2 unspecified atom stereocenters. The van der Waals surface area contributed by atoms with Crippen LogP contribution < -0.4 is 0 Å². The van der Waals surface area contributed by atoms with Crippen LogP contribution in [-0.4, -0.2) is 38.1 Å². The highest BCUT2D eigenvalue weighted by molar-refractivity contribution is 5.70. The quantitative estimate of drug-likeness (QED) is 0.855. The van der Waals surface area contributed by atoms with Gasteiger partial charge in [0.15, 0.2) is 0 Å². The highest BCUT2D eigenvalue weighted by atomic mass is 16.4. The minimum Gasteiger partial charge on any atom is -0.481 e. The summed E-state index contributed by atoms with van der Waals surface area (Å²) < 4.78 is 2.01. The summed E-state index contributed by atoms with van der Waals surface area (Å²) in [5, 5.41) is 9.01. The number of hydrogen-bond acceptors (Lipinski definition) is 3. The van der Waals surface area contributed by atoms with Gasteiger partial charge in [0, 0.05) is 25.8 Å². The number of carboxylic acids is 1. The topological polar surface area (TPSA) is 58.4 Å². The molecule has 1 aromatic rings. The van der Waals surface area contributed by atoms with Gasteiger partial charge in [-0.3, -0.25) is 9.69 Å². The molecule has 2 heterocycles. The summed E-state index contributed by atoms with van der Waals surface area (Å²) in [7, 11) is 1.98. The molecule has 1 fully saturated rings. The molecule has 0 spiro atoms. The number of rotatable bonds is 3. The number of aromatic nitrogens is 2. The first-order chi connectivity index (χ1) is 8.08. The maximum absolute atomic E-state index is 10.9. The molecule has 1 saturated heterocycles. The van der Waals surface area contributed by atoms with Crippen molar-refractivity contribution in [3.05, 3.63) is 18.2 Å². The van der Waals surface area contributed by atoms with E-state index in [1.165, 1.54) is 5.69 Å². The summed E-state index contributed by atoms with van der Waals surface area (Å²) in [5.41, 5.74) is 1.17. The van der Waals surface area contributed by atoms with Crippen LogP contribution in [0.5, 0.6) is 0 Å². The molecule has 1 aliphatic rings. The second-order valence-electron chi connectivity index (χ2n) is 4.87. The molecule has 5 nitrogen and oxygen atoms in total. The third kappa shape index (κ3) is 2.66. The Balaban J connectivity index is 1.96. The molecule has 1 aliphatic heterocycles. The molecule has 0 saturated carbocycles. The number of aliphatic carboxylic acids is 1. The minimum absolute atomic E-state index is 0.173. The van der Waals surface area contributed by atoms with Crippen LogP contribution in [0, 0.1) is 5.92 Å². The third-order valence-electron chi connectivity index (χ3n) is 3.64. The van der Waals surface area contributed by atoms with Crippen LogP contribution in [0.3, 0.4) is 0 Å². The Kier molecular flexibility index (Phi) is 3.47. The summed E-state index contributed by atoms with van der Waals surface area (Å²) in [5.74, 6) is -0.829. The Hall–Kier alpha value is -1.36. The van der Waals surface area contributed by atoms with Gasteiger partial charge in [0.05, 0.1) is 17.9 Å². The molecule has 1 N–H and O–H groups in total. The highest BCUT2D eigenvalue weighted by Crippen LogP contribution is 2.24.